The first-order chi connectivity index (χ1) is 11.1. The molecule has 124 valence electrons. The Hall–Kier alpha value is -2.28. The molecule has 2 atom stereocenters. The quantitative estimate of drug-likeness (QED) is 0.888. The molecular formula is C16H22N4O3. The van der Waals surface area contributed by atoms with Gasteiger partial charge in [-0.1, -0.05) is 0 Å². The largest absolute Gasteiger partial charge is 0.464 e. The van der Waals surface area contributed by atoms with Crippen LogP contribution in [0.25, 0.3) is 0 Å². The highest BCUT2D eigenvalue weighted by atomic mass is 16.5. The number of urea groups is 1. The highest BCUT2D eigenvalue weighted by Gasteiger charge is 2.19. The topological polar surface area (TPSA) is 81.3 Å². The monoisotopic (exact) mass is 318 g/mol. The van der Waals surface area contributed by atoms with E-state index >= 15 is 0 Å². The molecule has 1 fully saturated rings. The van der Waals surface area contributed by atoms with Crippen LogP contribution in [-0.2, 0) is 11.3 Å². The van der Waals surface area contributed by atoms with Crippen molar-refractivity contribution in [1.82, 2.24) is 15.1 Å². The smallest absolute Gasteiger partial charge is 0.320 e. The zero-order chi connectivity index (χ0) is 16.2. The number of carbonyl (C=O) groups is 1. The Balaban J connectivity index is 1.56. The fourth-order valence-electron chi connectivity index (χ4n) is 2.66. The standard InChI is InChI=1S/C16H22N4O3/c1-11-3-4-14(23-11)12(2)18-16(21)19-15-5-7-17-20(15)9-13-6-8-22-10-13/h3-5,7,12-13H,6,8-10H2,1-2H3,(H2,18,19,21). The predicted molar refractivity (Wildman–Crippen MR) is 85.2 cm³/mol. The summed E-state index contributed by atoms with van der Waals surface area (Å²) in [5.41, 5.74) is 0. The van der Waals surface area contributed by atoms with Gasteiger partial charge in [-0.15, -0.1) is 0 Å². The molecule has 0 spiro atoms. The van der Waals surface area contributed by atoms with Crippen molar-refractivity contribution in [2.24, 2.45) is 5.92 Å². The van der Waals surface area contributed by atoms with Gasteiger partial charge in [0, 0.05) is 25.1 Å². The van der Waals surface area contributed by atoms with E-state index in [0.717, 1.165) is 37.7 Å². The molecule has 0 aliphatic carbocycles. The van der Waals surface area contributed by atoms with E-state index in [2.05, 4.69) is 15.7 Å². The first-order valence-corrected chi connectivity index (χ1v) is 7.85. The predicted octanol–water partition coefficient (Wildman–Crippen LogP) is 2.70. The van der Waals surface area contributed by atoms with Crippen molar-refractivity contribution < 1.29 is 13.9 Å². The molecule has 0 aromatic carbocycles. The van der Waals surface area contributed by atoms with E-state index in [0.29, 0.717) is 11.7 Å². The molecule has 1 aliphatic rings. The summed E-state index contributed by atoms with van der Waals surface area (Å²) in [5.74, 6) is 2.68. The van der Waals surface area contributed by atoms with Gasteiger partial charge in [-0.25, -0.2) is 9.48 Å². The van der Waals surface area contributed by atoms with Crippen LogP contribution >= 0.6 is 0 Å². The summed E-state index contributed by atoms with van der Waals surface area (Å²) in [6, 6.07) is 5.05. The van der Waals surface area contributed by atoms with Gasteiger partial charge in [-0.3, -0.25) is 5.32 Å². The molecule has 0 bridgehead atoms. The van der Waals surface area contributed by atoms with Crippen molar-refractivity contribution in [3.63, 3.8) is 0 Å². The van der Waals surface area contributed by atoms with Crippen molar-refractivity contribution in [2.75, 3.05) is 18.5 Å². The maximum absolute atomic E-state index is 12.2. The summed E-state index contributed by atoms with van der Waals surface area (Å²) in [6.45, 7) is 6.05. The second-order valence-electron chi connectivity index (χ2n) is 5.90. The number of ether oxygens (including phenoxy) is 1. The number of carbonyl (C=O) groups excluding carboxylic acids is 1. The fraction of sp³-hybridized carbons (Fsp3) is 0.500. The first kappa shape index (κ1) is 15.6. The zero-order valence-electron chi connectivity index (χ0n) is 13.4. The lowest BCUT2D eigenvalue weighted by Crippen LogP contribution is -2.32. The number of furan rings is 1. The number of rotatable bonds is 5. The maximum Gasteiger partial charge on any atom is 0.320 e. The number of hydrogen-bond acceptors (Lipinski definition) is 4. The molecule has 2 aromatic rings. The molecule has 0 radical (unpaired) electrons. The van der Waals surface area contributed by atoms with E-state index in [1.807, 2.05) is 26.0 Å². The third kappa shape index (κ3) is 3.92. The Bertz CT molecular complexity index is 658. The summed E-state index contributed by atoms with van der Waals surface area (Å²) >= 11 is 0. The Morgan fingerprint density at radius 1 is 1.48 bits per heavy atom. The van der Waals surface area contributed by atoms with Crippen molar-refractivity contribution in [1.29, 1.82) is 0 Å². The van der Waals surface area contributed by atoms with Gasteiger partial charge in [0.25, 0.3) is 0 Å². The van der Waals surface area contributed by atoms with E-state index in [1.54, 1.807) is 16.9 Å². The number of nitrogens with one attached hydrogen (secondary N) is 2. The molecular weight excluding hydrogens is 296 g/mol. The molecule has 2 aromatic heterocycles. The maximum atomic E-state index is 12.2. The highest BCUT2D eigenvalue weighted by molar-refractivity contribution is 5.88. The second-order valence-corrected chi connectivity index (χ2v) is 5.90. The highest BCUT2D eigenvalue weighted by Crippen LogP contribution is 2.18. The van der Waals surface area contributed by atoms with E-state index in [1.165, 1.54) is 0 Å². The lowest BCUT2D eigenvalue weighted by Gasteiger charge is -2.15. The van der Waals surface area contributed by atoms with Crippen LogP contribution in [0.1, 0.15) is 30.9 Å². The third-order valence-electron chi connectivity index (χ3n) is 3.95. The SMILES string of the molecule is Cc1ccc(C(C)NC(=O)Nc2ccnn2CC2CCOC2)o1. The second kappa shape index (κ2) is 6.87. The Kier molecular flexibility index (Phi) is 4.66. The Morgan fingerprint density at radius 3 is 3.04 bits per heavy atom. The number of aromatic nitrogens is 2. The first-order valence-electron chi connectivity index (χ1n) is 7.85. The molecule has 3 rings (SSSR count). The summed E-state index contributed by atoms with van der Waals surface area (Å²) < 4.78 is 12.7. The molecule has 2 unspecified atom stereocenters. The average Bonchev–Trinajstić information content (AvgIpc) is 3.23. The third-order valence-corrected chi connectivity index (χ3v) is 3.95. The van der Waals surface area contributed by atoms with E-state index in [9.17, 15) is 4.79 Å². The van der Waals surface area contributed by atoms with Crippen LogP contribution in [-0.4, -0.2) is 29.0 Å². The molecule has 7 heteroatoms. The molecule has 3 heterocycles. The van der Waals surface area contributed by atoms with Gasteiger partial charge in [0.1, 0.15) is 17.3 Å². The van der Waals surface area contributed by atoms with Crippen LogP contribution in [0.2, 0.25) is 0 Å². The molecule has 1 aliphatic heterocycles. The van der Waals surface area contributed by atoms with Crippen LogP contribution in [0.15, 0.2) is 28.8 Å². The van der Waals surface area contributed by atoms with Crippen molar-refractivity contribution in [2.45, 2.75) is 32.9 Å². The van der Waals surface area contributed by atoms with Gasteiger partial charge in [-0.05, 0) is 32.4 Å². The van der Waals surface area contributed by atoms with Crippen LogP contribution in [0.5, 0.6) is 0 Å². The van der Waals surface area contributed by atoms with Crippen LogP contribution in [0.4, 0.5) is 10.6 Å². The van der Waals surface area contributed by atoms with Gasteiger partial charge < -0.3 is 14.5 Å². The van der Waals surface area contributed by atoms with Gasteiger partial charge in [0.2, 0.25) is 0 Å². The number of aryl methyl sites for hydroxylation is 1. The lowest BCUT2D eigenvalue weighted by molar-refractivity contribution is 0.181. The normalized spacial score (nSPS) is 18.8. The minimum Gasteiger partial charge on any atom is -0.464 e. The molecule has 7 nitrogen and oxygen atoms in total. The number of hydrogen-bond donors (Lipinski definition) is 2. The summed E-state index contributed by atoms with van der Waals surface area (Å²) in [4.78, 5) is 12.2. The van der Waals surface area contributed by atoms with Gasteiger partial charge in [0.15, 0.2) is 0 Å². The Morgan fingerprint density at radius 2 is 2.35 bits per heavy atom. The van der Waals surface area contributed by atoms with Crippen LogP contribution < -0.4 is 10.6 Å². The molecule has 23 heavy (non-hydrogen) atoms. The van der Waals surface area contributed by atoms with E-state index < -0.39 is 0 Å². The minimum atomic E-state index is -0.282. The average molecular weight is 318 g/mol. The van der Waals surface area contributed by atoms with E-state index in [-0.39, 0.29) is 12.1 Å². The molecule has 2 N–H and O–H groups in total. The van der Waals surface area contributed by atoms with Crippen LogP contribution in [0, 0.1) is 12.8 Å². The number of nitrogens with zero attached hydrogens (tertiary/aromatic N) is 2. The minimum absolute atomic E-state index is 0.205. The fourth-order valence-corrected chi connectivity index (χ4v) is 2.66. The van der Waals surface area contributed by atoms with Crippen molar-refractivity contribution in [3.8, 4) is 0 Å². The number of anilines is 1. The lowest BCUT2D eigenvalue weighted by atomic mass is 10.1. The zero-order valence-corrected chi connectivity index (χ0v) is 13.4. The van der Waals surface area contributed by atoms with Gasteiger partial charge in [0.05, 0.1) is 18.8 Å². The van der Waals surface area contributed by atoms with Gasteiger partial charge >= 0.3 is 6.03 Å². The van der Waals surface area contributed by atoms with Crippen LogP contribution in [0.3, 0.4) is 0 Å². The van der Waals surface area contributed by atoms with Crippen molar-refractivity contribution >= 4 is 11.8 Å². The molecule has 0 saturated carbocycles. The molecule has 1 saturated heterocycles. The van der Waals surface area contributed by atoms with Gasteiger partial charge in [-0.2, -0.15) is 5.10 Å². The Labute approximate surface area is 135 Å². The van der Waals surface area contributed by atoms with E-state index in [4.69, 9.17) is 9.15 Å². The summed E-state index contributed by atoms with van der Waals surface area (Å²) in [6.07, 6.45) is 2.71. The van der Waals surface area contributed by atoms with Crippen molar-refractivity contribution in [3.05, 3.63) is 35.9 Å². The molecule has 2 amide bonds. The number of amides is 2. The summed E-state index contributed by atoms with van der Waals surface area (Å²) in [5, 5.41) is 9.97. The summed E-state index contributed by atoms with van der Waals surface area (Å²) in [7, 11) is 0.